The lowest BCUT2D eigenvalue weighted by Gasteiger charge is -2.49. The van der Waals surface area contributed by atoms with Crippen molar-refractivity contribution in [1.82, 2.24) is 0 Å². The number of hydrogen-bond donors (Lipinski definition) is 1. The molecule has 1 aliphatic rings. The summed E-state index contributed by atoms with van der Waals surface area (Å²) in [6, 6.07) is 0. The predicted molar refractivity (Wildman–Crippen MR) is 69.2 cm³/mol. The molecule has 0 saturated carbocycles. The molecule has 0 aromatic heterocycles. The van der Waals surface area contributed by atoms with Gasteiger partial charge in [0.25, 0.3) is 0 Å². The van der Waals surface area contributed by atoms with E-state index < -0.39 is 11.0 Å². The van der Waals surface area contributed by atoms with E-state index in [-0.39, 0.29) is 11.6 Å². The Bertz CT molecular complexity index is 313. The Hall–Kier alpha value is -0.610. The van der Waals surface area contributed by atoms with E-state index in [4.69, 9.17) is 9.47 Å². The Kier molecular flexibility index (Phi) is 4.44. The van der Waals surface area contributed by atoms with E-state index in [0.29, 0.717) is 26.1 Å². The number of ether oxygens (including phenoxy) is 2. The summed E-state index contributed by atoms with van der Waals surface area (Å²) < 4.78 is 10.8. The van der Waals surface area contributed by atoms with Crippen molar-refractivity contribution in [2.75, 3.05) is 13.2 Å². The van der Waals surface area contributed by atoms with E-state index in [1.54, 1.807) is 20.8 Å². The molecule has 0 bridgehead atoms. The molecule has 1 N–H and O–H groups in total. The molecule has 2 unspecified atom stereocenters. The largest absolute Gasteiger partial charge is 0.465 e. The van der Waals surface area contributed by atoms with Crippen LogP contribution < -0.4 is 0 Å². The molecule has 0 spiro atoms. The van der Waals surface area contributed by atoms with Gasteiger partial charge in [-0.1, -0.05) is 6.92 Å². The van der Waals surface area contributed by atoms with Gasteiger partial charge in [-0.2, -0.15) is 0 Å². The Labute approximate surface area is 110 Å². The number of rotatable bonds is 4. The van der Waals surface area contributed by atoms with Crippen molar-refractivity contribution < 1.29 is 19.4 Å². The second-order valence-corrected chi connectivity index (χ2v) is 5.96. The maximum Gasteiger partial charge on any atom is 0.314 e. The number of aliphatic hydroxyl groups is 1. The Morgan fingerprint density at radius 3 is 2.56 bits per heavy atom. The summed E-state index contributed by atoms with van der Waals surface area (Å²) in [7, 11) is 0. The first-order valence-corrected chi connectivity index (χ1v) is 6.74. The van der Waals surface area contributed by atoms with Crippen LogP contribution in [-0.2, 0) is 14.3 Å². The van der Waals surface area contributed by atoms with Crippen molar-refractivity contribution in [3.63, 3.8) is 0 Å². The van der Waals surface area contributed by atoms with Gasteiger partial charge in [0.15, 0.2) is 0 Å². The molecule has 1 rings (SSSR count). The number of carbonyl (C=O) groups is 1. The molecule has 0 aromatic carbocycles. The maximum atomic E-state index is 12.0. The molecule has 0 aromatic rings. The van der Waals surface area contributed by atoms with Crippen LogP contribution in [0.2, 0.25) is 0 Å². The highest BCUT2D eigenvalue weighted by Gasteiger charge is 2.54. The van der Waals surface area contributed by atoms with E-state index >= 15 is 0 Å². The number of hydrogen-bond acceptors (Lipinski definition) is 4. The van der Waals surface area contributed by atoms with Crippen LogP contribution in [0.25, 0.3) is 0 Å². The minimum absolute atomic E-state index is 0.333. The number of carbonyl (C=O) groups excluding carboxylic acids is 1. The fourth-order valence-electron chi connectivity index (χ4n) is 2.49. The van der Waals surface area contributed by atoms with E-state index in [2.05, 4.69) is 0 Å². The van der Waals surface area contributed by atoms with Crippen LogP contribution >= 0.6 is 0 Å². The molecule has 4 heteroatoms. The van der Waals surface area contributed by atoms with Gasteiger partial charge in [-0.05, 0) is 34.1 Å². The summed E-state index contributed by atoms with van der Waals surface area (Å²) in [5.74, 6) is -0.340. The fraction of sp³-hybridized carbons (Fsp3) is 0.929. The van der Waals surface area contributed by atoms with Crippen LogP contribution in [-0.4, -0.2) is 35.5 Å². The minimum atomic E-state index is -1.07. The lowest BCUT2D eigenvalue weighted by Crippen LogP contribution is -2.58. The SMILES string of the molecule is CCOC(=O)C(C)(C)C1(O)CCOC(C)(CC)C1. The third-order valence-electron chi connectivity index (χ3n) is 4.33. The van der Waals surface area contributed by atoms with Gasteiger partial charge in [0.05, 0.1) is 29.8 Å². The molecule has 1 heterocycles. The first-order valence-electron chi connectivity index (χ1n) is 6.74. The molecule has 18 heavy (non-hydrogen) atoms. The van der Waals surface area contributed by atoms with E-state index in [1.165, 1.54) is 0 Å². The van der Waals surface area contributed by atoms with Crippen LogP contribution in [0.5, 0.6) is 0 Å². The quantitative estimate of drug-likeness (QED) is 0.786. The van der Waals surface area contributed by atoms with Crippen molar-refractivity contribution in [2.45, 2.75) is 65.1 Å². The summed E-state index contributed by atoms with van der Waals surface area (Å²) in [5, 5.41) is 10.9. The van der Waals surface area contributed by atoms with Gasteiger partial charge in [-0.3, -0.25) is 4.79 Å². The van der Waals surface area contributed by atoms with Crippen molar-refractivity contribution in [3.8, 4) is 0 Å². The molecular weight excluding hydrogens is 232 g/mol. The van der Waals surface area contributed by atoms with Gasteiger partial charge >= 0.3 is 5.97 Å². The van der Waals surface area contributed by atoms with Gasteiger partial charge in [-0.25, -0.2) is 0 Å². The van der Waals surface area contributed by atoms with Crippen LogP contribution in [0, 0.1) is 5.41 Å². The molecule has 4 nitrogen and oxygen atoms in total. The average Bonchev–Trinajstić information content (AvgIpc) is 2.29. The van der Waals surface area contributed by atoms with Crippen molar-refractivity contribution >= 4 is 5.97 Å². The van der Waals surface area contributed by atoms with Crippen LogP contribution in [0.4, 0.5) is 0 Å². The molecule has 1 aliphatic heterocycles. The summed E-state index contributed by atoms with van der Waals surface area (Å²) in [6.45, 7) is 10.1. The zero-order valence-corrected chi connectivity index (χ0v) is 12.2. The number of esters is 1. The highest BCUT2D eigenvalue weighted by Crippen LogP contribution is 2.45. The molecular formula is C14H26O4. The van der Waals surface area contributed by atoms with Crippen molar-refractivity contribution in [1.29, 1.82) is 0 Å². The summed E-state index contributed by atoms with van der Waals surface area (Å²) in [6.07, 6.45) is 1.74. The molecule has 1 fully saturated rings. The van der Waals surface area contributed by atoms with Gasteiger partial charge in [0, 0.05) is 12.8 Å². The van der Waals surface area contributed by atoms with Gasteiger partial charge in [-0.15, -0.1) is 0 Å². The third kappa shape index (κ3) is 2.69. The van der Waals surface area contributed by atoms with Gasteiger partial charge in [0.1, 0.15) is 0 Å². The molecule has 0 amide bonds. The van der Waals surface area contributed by atoms with Crippen molar-refractivity contribution in [2.24, 2.45) is 5.41 Å². The van der Waals surface area contributed by atoms with Crippen molar-refractivity contribution in [3.05, 3.63) is 0 Å². The first-order chi connectivity index (χ1) is 8.21. The van der Waals surface area contributed by atoms with Gasteiger partial charge in [0.2, 0.25) is 0 Å². The maximum absolute atomic E-state index is 12.0. The zero-order chi connectivity index (χ0) is 14.0. The second-order valence-electron chi connectivity index (χ2n) is 5.96. The average molecular weight is 258 g/mol. The van der Waals surface area contributed by atoms with Crippen LogP contribution in [0.3, 0.4) is 0 Å². The topological polar surface area (TPSA) is 55.8 Å². The highest BCUT2D eigenvalue weighted by molar-refractivity contribution is 5.77. The molecule has 1 saturated heterocycles. The monoisotopic (exact) mass is 258 g/mol. The molecule has 0 radical (unpaired) electrons. The Morgan fingerprint density at radius 1 is 1.44 bits per heavy atom. The summed E-state index contributed by atoms with van der Waals surface area (Å²) in [5.41, 5.74) is -2.34. The lowest BCUT2D eigenvalue weighted by molar-refractivity contribution is -0.208. The molecule has 0 aliphatic carbocycles. The highest BCUT2D eigenvalue weighted by atomic mass is 16.5. The second kappa shape index (κ2) is 5.17. The minimum Gasteiger partial charge on any atom is -0.465 e. The van der Waals surface area contributed by atoms with Crippen LogP contribution in [0.1, 0.15) is 53.9 Å². The predicted octanol–water partition coefficient (Wildman–Crippen LogP) is 2.29. The summed E-state index contributed by atoms with van der Waals surface area (Å²) in [4.78, 5) is 12.0. The first kappa shape index (κ1) is 15.4. The Balaban J connectivity index is 2.94. The van der Waals surface area contributed by atoms with E-state index in [9.17, 15) is 9.90 Å². The van der Waals surface area contributed by atoms with E-state index in [1.807, 2.05) is 13.8 Å². The fourth-order valence-corrected chi connectivity index (χ4v) is 2.49. The smallest absolute Gasteiger partial charge is 0.314 e. The normalized spacial score (nSPS) is 33.2. The molecule has 106 valence electrons. The Morgan fingerprint density at radius 2 is 2.06 bits per heavy atom. The van der Waals surface area contributed by atoms with Gasteiger partial charge < -0.3 is 14.6 Å². The third-order valence-corrected chi connectivity index (χ3v) is 4.33. The standard InChI is InChI=1S/C14H26O4/c1-6-13(5)10-14(16,8-9-18-13)12(3,4)11(15)17-7-2/h16H,6-10H2,1-5H3. The zero-order valence-electron chi connectivity index (χ0n) is 12.2. The molecule has 2 atom stereocenters. The van der Waals surface area contributed by atoms with Crippen LogP contribution in [0.15, 0.2) is 0 Å². The lowest BCUT2D eigenvalue weighted by atomic mass is 9.66. The van der Waals surface area contributed by atoms with E-state index in [0.717, 1.165) is 6.42 Å². The summed E-state index contributed by atoms with van der Waals surface area (Å²) >= 11 is 0.